The molecule has 2 rings (SSSR count). The first-order chi connectivity index (χ1) is 9.15. The van der Waals surface area contributed by atoms with Crippen molar-refractivity contribution >= 4 is 5.78 Å². The van der Waals surface area contributed by atoms with Crippen molar-refractivity contribution in [2.75, 3.05) is 13.2 Å². The van der Waals surface area contributed by atoms with Crippen LogP contribution in [0.25, 0.3) is 0 Å². The van der Waals surface area contributed by atoms with Crippen molar-refractivity contribution in [3.63, 3.8) is 0 Å². The average molecular weight is 267 g/mol. The second kappa shape index (κ2) is 6.85. The lowest BCUT2D eigenvalue weighted by atomic mass is 9.75. The van der Waals surface area contributed by atoms with Gasteiger partial charge in [-0.3, -0.25) is 4.79 Å². The predicted molar refractivity (Wildman–Crippen MR) is 77.3 cm³/mol. The van der Waals surface area contributed by atoms with Gasteiger partial charge in [0.05, 0.1) is 12.1 Å². The molecule has 2 atom stereocenters. The molecule has 0 aromatic carbocycles. The van der Waals surface area contributed by atoms with Crippen molar-refractivity contribution in [2.24, 2.45) is 5.92 Å². The van der Waals surface area contributed by atoms with Gasteiger partial charge in [0.15, 0.2) is 0 Å². The van der Waals surface area contributed by atoms with Crippen LogP contribution in [0.1, 0.15) is 65.2 Å². The van der Waals surface area contributed by atoms with Crippen LogP contribution in [0.2, 0.25) is 0 Å². The number of hydrogen-bond acceptors (Lipinski definition) is 3. The summed E-state index contributed by atoms with van der Waals surface area (Å²) in [6.45, 7) is 5.60. The minimum Gasteiger partial charge on any atom is -0.375 e. The van der Waals surface area contributed by atoms with E-state index in [2.05, 4.69) is 19.2 Å². The quantitative estimate of drug-likeness (QED) is 0.832. The molecule has 1 spiro atoms. The maximum atomic E-state index is 12.3. The standard InChI is InChI=1S/C16H29NO2/c1-3-13(2)17-12-15(18)14-7-10-19-16(11-14)8-5-4-6-9-16/h13-14,17H,3-12H2,1-2H3. The van der Waals surface area contributed by atoms with Crippen molar-refractivity contribution in [2.45, 2.75) is 76.9 Å². The summed E-state index contributed by atoms with van der Waals surface area (Å²) in [5.74, 6) is 0.622. The number of ether oxygens (including phenoxy) is 1. The van der Waals surface area contributed by atoms with Crippen LogP contribution in [-0.4, -0.2) is 30.6 Å². The van der Waals surface area contributed by atoms with Gasteiger partial charge in [-0.2, -0.15) is 0 Å². The van der Waals surface area contributed by atoms with Gasteiger partial charge in [0.25, 0.3) is 0 Å². The van der Waals surface area contributed by atoms with Crippen LogP contribution in [0.5, 0.6) is 0 Å². The Balaban J connectivity index is 1.84. The summed E-state index contributed by atoms with van der Waals surface area (Å²) in [6, 6.07) is 0.437. The third kappa shape index (κ3) is 4.03. The Morgan fingerprint density at radius 3 is 2.79 bits per heavy atom. The molecule has 3 nitrogen and oxygen atoms in total. The van der Waals surface area contributed by atoms with E-state index in [9.17, 15) is 4.79 Å². The number of rotatable bonds is 5. The summed E-state index contributed by atoms with van der Waals surface area (Å²) in [4.78, 5) is 12.3. The van der Waals surface area contributed by atoms with E-state index in [1.54, 1.807) is 0 Å². The third-order valence-electron chi connectivity index (χ3n) is 4.95. The fourth-order valence-corrected chi connectivity index (χ4v) is 3.41. The first-order valence-corrected chi connectivity index (χ1v) is 8.05. The summed E-state index contributed by atoms with van der Waals surface area (Å²) < 4.78 is 6.06. The van der Waals surface area contributed by atoms with Crippen LogP contribution in [-0.2, 0) is 9.53 Å². The predicted octanol–water partition coefficient (Wildman–Crippen LogP) is 3.07. The van der Waals surface area contributed by atoms with Gasteiger partial charge in [-0.1, -0.05) is 26.2 Å². The summed E-state index contributed by atoms with van der Waals surface area (Å²) >= 11 is 0. The van der Waals surface area contributed by atoms with E-state index in [0.29, 0.717) is 18.4 Å². The van der Waals surface area contributed by atoms with Gasteiger partial charge in [0.1, 0.15) is 5.78 Å². The van der Waals surface area contributed by atoms with Crippen LogP contribution in [0.3, 0.4) is 0 Å². The van der Waals surface area contributed by atoms with Crippen molar-refractivity contribution < 1.29 is 9.53 Å². The summed E-state index contributed by atoms with van der Waals surface area (Å²) in [5, 5.41) is 3.33. The molecule has 2 fully saturated rings. The number of carbonyl (C=O) groups excluding carboxylic acids is 1. The normalized spacial score (nSPS) is 28.2. The van der Waals surface area contributed by atoms with Gasteiger partial charge in [-0.15, -0.1) is 0 Å². The Labute approximate surface area is 117 Å². The highest BCUT2D eigenvalue weighted by atomic mass is 16.5. The highest BCUT2D eigenvalue weighted by molar-refractivity contribution is 5.83. The SMILES string of the molecule is CCC(C)NCC(=O)C1CCOC2(CCCCC2)C1. The molecule has 0 amide bonds. The van der Waals surface area contributed by atoms with E-state index in [0.717, 1.165) is 38.7 Å². The van der Waals surface area contributed by atoms with Crippen LogP contribution in [0.4, 0.5) is 0 Å². The second-order valence-corrected chi connectivity index (χ2v) is 6.44. The third-order valence-corrected chi connectivity index (χ3v) is 4.95. The molecular formula is C16H29NO2. The highest BCUT2D eigenvalue weighted by Gasteiger charge is 2.40. The fraction of sp³-hybridized carbons (Fsp3) is 0.938. The topological polar surface area (TPSA) is 38.3 Å². The van der Waals surface area contributed by atoms with Crippen molar-refractivity contribution in [3.05, 3.63) is 0 Å². The summed E-state index contributed by atoms with van der Waals surface area (Å²) in [6.07, 6.45) is 9.16. The molecular weight excluding hydrogens is 238 g/mol. The molecule has 1 saturated carbocycles. The van der Waals surface area contributed by atoms with E-state index in [-0.39, 0.29) is 11.5 Å². The largest absolute Gasteiger partial charge is 0.375 e. The average Bonchev–Trinajstić information content (AvgIpc) is 2.45. The summed E-state index contributed by atoms with van der Waals surface area (Å²) in [5.41, 5.74) is 0.0488. The minimum absolute atomic E-state index is 0.0488. The molecule has 1 N–H and O–H groups in total. The Morgan fingerprint density at radius 2 is 2.11 bits per heavy atom. The highest BCUT2D eigenvalue weighted by Crippen LogP contribution is 2.40. The van der Waals surface area contributed by atoms with Crippen LogP contribution in [0, 0.1) is 5.92 Å². The molecule has 110 valence electrons. The zero-order chi connectivity index (χ0) is 13.7. The molecule has 0 radical (unpaired) electrons. The van der Waals surface area contributed by atoms with Gasteiger partial charge in [-0.25, -0.2) is 0 Å². The van der Waals surface area contributed by atoms with Gasteiger partial charge < -0.3 is 10.1 Å². The van der Waals surface area contributed by atoms with Crippen LogP contribution >= 0.6 is 0 Å². The first-order valence-electron chi connectivity index (χ1n) is 8.05. The number of carbonyl (C=O) groups is 1. The Bertz CT molecular complexity index is 292. The van der Waals surface area contributed by atoms with Gasteiger partial charge in [-0.05, 0) is 39.0 Å². The Hall–Kier alpha value is -0.410. The molecule has 19 heavy (non-hydrogen) atoms. The number of ketones is 1. The Morgan fingerprint density at radius 1 is 1.37 bits per heavy atom. The molecule has 1 heterocycles. The lowest BCUT2D eigenvalue weighted by molar-refractivity contribution is -0.142. The molecule has 3 heteroatoms. The molecule has 2 aliphatic rings. The van der Waals surface area contributed by atoms with Crippen LogP contribution in [0.15, 0.2) is 0 Å². The fourth-order valence-electron chi connectivity index (χ4n) is 3.41. The molecule has 0 bridgehead atoms. The molecule has 0 aromatic rings. The molecule has 1 aliphatic heterocycles. The minimum atomic E-state index is 0.0488. The smallest absolute Gasteiger partial charge is 0.149 e. The van der Waals surface area contributed by atoms with Crippen molar-refractivity contribution in [1.82, 2.24) is 5.32 Å². The zero-order valence-corrected chi connectivity index (χ0v) is 12.5. The monoisotopic (exact) mass is 267 g/mol. The molecule has 0 aromatic heterocycles. The summed E-state index contributed by atoms with van der Waals surface area (Å²) in [7, 11) is 0. The van der Waals surface area contributed by atoms with E-state index in [1.807, 2.05) is 0 Å². The number of Topliss-reactive ketones (excluding diaryl/α,β-unsaturated/α-hetero) is 1. The Kier molecular flexibility index (Phi) is 5.40. The van der Waals surface area contributed by atoms with E-state index in [4.69, 9.17) is 4.74 Å². The molecule has 2 unspecified atom stereocenters. The first kappa shape index (κ1) is 15.0. The van der Waals surface area contributed by atoms with Crippen LogP contribution < -0.4 is 5.32 Å². The molecule has 1 saturated heterocycles. The lowest BCUT2D eigenvalue weighted by Crippen LogP contribution is -2.45. The van der Waals surface area contributed by atoms with Gasteiger partial charge in [0.2, 0.25) is 0 Å². The van der Waals surface area contributed by atoms with Crippen molar-refractivity contribution in [3.8, 4) is 0 Å². The number of hydrogen-bond donors (Lipinski definition) is 1. The van der Waals surface area contributed by atoms with E-state index >= 15 is 0 Å². The zero-order valence-electron chi connectivity index (χ0n) is 12.5. The second-order valence-electron chi connectivity index (χ2n) is 6.44. The van der Waals surface area contributed by atoms with E-state index in [1.165, 1.54) is 19.3 Å². The number of nitrogens with one attached hydrogen (secondary N) is 1. The van der Waals surface area contributed by atoms with Crippen molar-refractivity contribution in [1.29, 1.82) is 0 Å². The van der Waals surface area contributed by atoms with Gasteiger partial charge in [0, 0.05) is 18.6 Å². The van der Waals surface area contributed by atoms with E-state index < -0.39 is 0 Å². The maximum absolute atomic E-state index is 12.3. The van der Waals surface area contributed by atoms with Gasteiger partial charge >= 0.3 is 0 Å². The molecule has 1 aliphatic carbocycles. The lowest BCUT2D eigenvalue weighted by Gasteiger charge is -2.43. The maximum Gasteiger partial charge on any atom is 0.149 e.